The summed E-state index contributed by atoms with van der Waals surface area (Å²) in [5.74, 6) is 1.68. The average Bonchev–Trinajstić information content (AvgIpc) is 3.12. The van der Waals surface area contributed by atoms with Crippen LogP contribution in [0.5, 0.6) is 11.5 Å². The van der Waals surface area contributed by atoms with Crippen LogP contribution in [0.15, 0.2) is 42.5 Å². The Labute approximate surface area is 152 Å². The van der Waals surface area contributed by atoms with E-state index in [0.717, 1.165) is 18.6 Å². The Morgan fingerprint density at radius 1 is 1.12 bits per heavy atom. The molecule has 136 valence electrons. The Morgan fingerprint density at radius 3 is 2.77 bits per heavy atom. The summed E-state index contributed by atoms with van der Waals surface area (Å²) in [6.07, 6.45) is 1.88. The molecule has 3 atom stereocenters. The molecule has 0 aromatic heterocycles. The van der Waals surface area contributed by atoms with Gasteiger partial charge in [-0.1, -0.05) is 18.2 Å². The number of rotatable bonds is 4. The number of ether oxygens (including phenoxy) is 2. The zero-order valence-electron chi connectivity index (χ0n) is 14.9. The van der Waals surface area contributed by atoms with Gasteiger partial charge in [0.15, 0.2) is 0 Å². The van der Waals surface area contributed by atoms with Crippen LogP contribution < -0.4 is 25.6 Å². The van der Waals surface area contributed by atoms with Gasteiger partial charge in [-0.2, -0.15) is 0 Å². The normalized spacial score (nSPS) is 23.7. The minimum atomic E-state index is -0.292. The fourth-order valence-electron chi connectivity index (χ4n) is 4.00. The second kappa shape index (κ2) is 6.97. The largest absolute Gasteiger partial charge is 0.497 e. The van der Waals surface area contributed by atoms with Gasteiger partial charge in [0, 0.05) is 5.92 Å². The summed E-state index contributed by atoms with van der Waals surface area (Å²) in [7, 11) is 3.28. The fraction of sp³-hybridized carbons (Fsp3) is 0.350. The first kappa shape index (κ1) is 16.9. The summed E-state index contributed by atoms with van der Waals surface area (Å²) in [6.45, 7) is 0. The molecule has 2 aliphatic rings. The van der Waals surface area contributed by atoms with Gasteiger partial charge in [-0.25, -0.2) is 10.9 Å². The van der Waals surface area contributed by atoms with Crippen molar-refractivity contribution in [2.24, 2.45) is 5.92 Å². The van der Waals surface area contributed by atoms with Crippen molar-refractivity contribution < 1.29 is 14.3 Å². The van der Waals surface area contributed by atoms with Crippen LogP contribution in [0.25, 0.3) is 0 Å². The number of methoxy groups -OCH3 is 2. The minimum absolute atomic E-state index is 0.0496. The first-order chi connectivity index (χ1) is 12.7. The molecule has 1 amide bonds. The number of carbonyl (C=O) groups is 1. The molecule has 6 nitrogen and oxygen atoms in total. The highest BCUT2D eigenvalue weighted by Crippen LogP contribution is 2.40. The van der Waals surface area contributed by atoms with E-state index in [0.29, 0.717) is 11.4 Å². The molecule has 4 rings (SSSR count). The lowest BCUT2D eigenvalue weighted by Gasteiger charge is -2.29. The number of amides is 1. The van der Waals surface area contributed by atoms with Crippen molar-refractivity contribution in [2.75, 3.05) is 19.5 Å². The summed E-state index contributed by atoms with van der Waals surface area (Å²) in [5.41, 5.74) is 9.71. The van der Waals surface area contributed by atoms with Gasteiger partial charge in [-0.15, -0.1) is 0 Å². The predicted octanol–water partition coefficient (Wildman–Crippen LogP) is 2.42. The predicted molar refractivity (Wildman–Crippen MR) is 99.2 cm³/mol. The lowest BCUT2D eigenvalue weighted by molar-refractivity contribution is -0.118. The number of hydrogen-bond acceptors (Lipinski definition) is 5. The Balaban J connectivity index is 1.52. The number of hydrazine groups is 1. The monoisotopic (exact) mass is 353 g/mol. The van der Waals surface area contributed by atoms with Gasteiger partial charge in [0.2, 0.25) is 5.91 Å². The Hall–Kier alpha value is -2.57. The average molecular weight is 353 g/mol. The van der Waals surface area contributed by atoms with Gasteiger partial charge >= 0.3 is 0 Å². The highest BCUT2D eigenvalue weighted by atomic mass is 16.5. The second-order valence-corrected chi connectivity index (χ2v) is 6.70. The summed E-state index contributed by atoms with van der Waals surface area (Å²) in [6, 6.07) is 13.4. The van der Waals surface area contributed by atoms with Gasteiger partial charge in [0.05, 0.1) is 25.9 Å². The number of nitrogens with one attached hydrogen (secondary N) is 3. The molecule has 3 N–H and O–H groups in total. The van der Waals surface area contributed by atoms with Gasteiger partial charge in [-0.3, -0.25) is 4.79 Å². The Morgan fingerprint density at radius 2 is 1.96 bits per heavy atom. The number of hydrogen-bond donors (Lipinski definition) is 3. The number of carbonyl (C=O) groups excluding carboxylic acids is 1. The molecule has 1 aliphatic heterocycles. The molecule has 0 spiro atoms. The van der Waals surface area contributed by atoms with E-state index in [9.17, 15) is 4.79 Å². The minimum Gasteiger partial charge on any atom is -0.497 e. The SMILES string of the molecule is COc1ccc2c(c1)CCC1C(C(=O)Nc3ccccc3OC)NNC21. The molecule has 0 saturated carbocycles. The molecule has 1 aliphatic carbocycles. The third-order valence-electron chi connectivity index (χ3n) is 5.33. The van der Waals surface area contributed by atoms with Gasteiger partial charge < -0.3 is 14.8 Å². The fourth-order valence-corrected chi connectivity index (χ4v) is 4.00. The zero-order valence-corrected chi connectivity index (χ0v) is 14.9. The van der Waals surface area contributed by atoms with Crippen molar-refractivity contribution in [1.82, 2.24) is 10.9 Å². The van der Waals surface area contributed by atoms with E-state index in [1.165, 1.54) is 11.1 Å². The summed E-state index contributed by atoms with van der Waals surface area (Å²) < 4.78 is 10.6. The number of benzene rings is 2. The first-order valence-corrected chi connectivity index (χ1v) is 8.83. The van der Waals surface area contributed by atoms with E-state index in [4.69, 9.17) is 9.47 Å². The van der Waals surface area contributed by atoms with Crippen LogP contribution in [0, 0.1) is 5.92 Å². The summed E-state index contributed by atoms with van der Waals surface area (Å²) >= 11 is 0. The number of para-hydroxylation sites is 2. The van der Waals surface area contributed by atoms with Gasteiger partial charge in [-0.05, 0) is 48.2 Å². The lowest BCUT2D eigenvalue weighted by atomic mass is 9.77. The van der Waals surface area contributed by atoms with Crippen LogP contribution in [0.4, 0.5) is 5.69 Å². The van der Waals surface area contributed by atoms with Crippen molar-refractivity contribution in [3.8, 4) is 11.5 Å². The number of fused-ring (bicyclic) bond motifs is 3. The van der Waals surface area contributed by atoms with Crippen LogP contribution in [0.3, 0.4) is 0 Å². The molecule has 1 fully saturated rings. The van der Waals surface area contributed by atoms with Crippen LogP contribution in [-0.4, -0.2) is 26.2 Å². The molecular weight excluding hydrogens is 330 g/mol. The molecule has 2 aromatic carbocycles. The Kier molecular flexibility index (Phi) is 4.53. The molecule has 26 heavy (non-hydrogen) atoms. The van der Waals surface area contributed by atoms with Crippen LogP contribution >= 0.6 is 0 Å². The molecule has 3 unspecified atom stereocenters. The van der Waals surface area contributed by atoms with Crippen molar-refractivity contribution in [1.29, 1.82) is 0 Å². The van der Waals surface area contributed by atoms with E-state index in [1.54, 1.807) is 14.2 Å². The van der Waals surface area contributed by atoms with Crippen LogP contribution in [0.2, 0.25) is 0 Å². The highest BCUT2D eigenvalue weighted by molar-refractivity contribution is 5.96. The first-order valence-electron chi connectivity index (χ1n) is 8.83. The topological polar surface area (TPSA) is 71.6 Å². The quantitative estimate of drug-likeness (QED) is 0.787. The Bertz CT molecular complexity index is 824. The molecule has 1 heterocycles. The number of anilines is 1. The van der Waals surface area contributed by atoms with E-state index in [1.807, 2.05) is 30.3 Å². The van der Waals surface area contributed by atoms with E-state index < -0.39 is 0 Å². The van der Waals surface area contributed by atoms with Crippen molar-refractivity contribution in [3.05, 3.63) is 53.6 Å². The van der Waals surface area contributed by atoms with E-state index >= 15 is 0 Å². The summed E-state index contributed by atoms with van der Waals surface area (Å²) in [5, 5.41) is 2.99. The maximum absolute atomic E-state index is 12.9. The van der Waals surface area contributed by atoms with E-state index in [-0.39, 0.29) is 23.9 Å². The van der Waals surface area contributed by atoms with Crippen molar-refractivity contribution in [2.45, 2.75) is 24.9 Å². The van der Waals surface area contributed by atoms with Crippen LogP contribution in [0.1, 0.15) is 23.6 Å². The standard InChI is InChI=1S/C20H23N3O3/c1-25-13-8-10-14-12(11-13)7-9-15-18(14)22-23-19(15)20(24)21-16-5-3-4-6-17(16)26-2/h3-6,8,10-11,15,18-19,22-23H,7,9H2,1-2H3,(H,21,24). The number of aryl methyl sites for hydroxylation is 1. The van der Waals surface area contributed by atoms with Gasteiger partial charge in [0.1, 0.15) is 17.5 Å². The van der Waals surface area contributed by atoms with Crippen LogP contribution in [-0.2, 0) is 11.2 Å². The maximum atomic E-state index is 12.9. The molecule has 0 radical (unpaired) electrons. The molecule has 2 aromatic rings. The second-order valence-electron chi connectivity index (χ2n) is 6.70. The molecule has 6 heteroatoms. The van der Waals surface area contributed by atoms with Crippen molar-refractivity contribution in [3.63, 3.8) is 0 Å². The lowest BCUT2D eigenvalue weighted by Crippen LogP contribution is -2.42. The molecule has 0 bridgehead atoms. The molecular formula is C20H23N3O3. The maximum Gasteiger partial charge on any atom is 0.243 e. The summed E-state index contributed by atoms with van der Waals surface area (Å²) in [4.78, 5) is 12.9. The van der Waals surface area contributed by atoms with Gasteiger partial charge in [0.25, 0.3) is 0 Å². The van der Waals surface area contributed by atoms with Crippen molar-refractivity contribution >= 4 is 11.6 Å². The van der Waals surface area contributed by atoms with E-state index in [2.05, 4.69) is 28.3 Å². The zero-order chi connectivity index (χ0) is 18.1. The highest BCUT2D eigenvalue weighted by Gasteiger charge is 2.43. The third-order valence-corrected chi connectivity index (χ3v) is 5.33. The molecule has 1 saturated heterocycles. The third kappa shape index (κ3) is 2.91. The smallest absolute Gasteiger partial charge is 0.243 e.